The van der Waals surface area contributed by atoms with E-state index in [2.05, 4.69) is 5.32 Å². The molecule has 0 aliphatic rings. The molecule has 9 nitrogen and oxygen atoms in total. The minimum absolute atomic E-state index is 0.124. The number of amides is 1. The number of hydrogen-bond acceptors (Lipinski definition) is 6. The third kappa shape index (κ3) is 5.60. The monoisotopic (exact) mass is 418 g/mol. The van der Waals surface area contributed by atoms with Crippen molar-refractivity contribution >= 4 is 17.3 Å². The molecule has 2 aromatic carbocycles. The lowest BCUT2D eigenvalue weighted by molar-refractivity contribution is -0.907. The summed E-state index contributed by atoms with van der Waals surface area (Å²) in [6, 6.07) is 9.33. The van der Waals surface area contributed by atoms with Crippen molar-refractivity contribution < 1.29 is 28.8 Å². The second kappa shape index (κ2) is 10.4. The lowest BCUT2D eigenvalue weighted by Crippen LogP contribution is -3.12. The summed E-state index contributed by atoms with van der Waals surface area (Å²) in [7, 11) is 4.93. The smallest absolute Gasteiger partial charge is 0.282 e. The standard InChI is InChI=1S/C21H27N3O6/c1-6-30-19-9-7-15(11-20(19)29-5)13-23(3)14(2)21(25)22-17-12-16(24(26)27)8-10-18(17)28-4/h7-12,14H,6,13H2,1-5H3,(H,22,25)/p+1/t14-/m0/s1. The molecular formula is C21H28N3O6+. The number of ether oxygens (including phenoxy) is 3. The van der Waals surface area contributed by atoms with E-state index in [0.29, 0.717) is 30.4 Å². The highest BCUT2D eigenvalue weighted by Crippen LogP contribution is 2.29. The van der Waals surface area contributed by atoms with Crippen LogP contribution < -0.4 is 24.4 Å². The molecule has 9 heteroatoms. The van der Waals surface area contributed by atoms with Gasteiger partial charge < -0.3 is 24.4 Å². The van der Waals surface area contributed by atoms with E-state index in [-0.39, 0.29) is 17.3 Å². The minimum Gasteiger partial charge on any atom is -0.495 e. The van der Waals surface area contributed by atoms with Crippen LogP contribution in [0.5, 0.6) is 17.2 Å². The molecule has 2 aromatic rings. The summed E-state index contributed by atoms with van der Waals surface area (Å²) in [5.41, 5.74) is 1.13. The van der Waals surface area contributed by atoms with Crippen LogP contribution in [-0.2, 0) is 11.3 Å². The molecule has 2 atom stereocenters. The van der Waals surface area contributed by atoms with Crippen molar-refractivity contribution in [2.24, 2.45) is 0 Å². The maximum Gasteiger partial charge on any atom is 0.282 e. The lowest BCUT2D eigenvalue weighted by atomic mass is 10.1. The topological polar surface area (TPSA) is 104 Å². The van der Waals surface area contributed by atoms with E-state index < -0.39 is 11.0 Å². The number of quaternary nitrogens is 1. The fraction of sp³-hybridized carbons (Fsp3) is 0.381. The maximum absolute atomic E-state index is 12.8. The van der Waals surface area contributed by atoms with E-state index >= 15 is 0 Å². The van der Waals surface area contributed by atoms with Gasteiger partial charge in [0.1, 0.15) is 12.3 Å². The summed E-state index contributed by atoms with van der Waals surface area (Å²) in [5.74, 6) is 1.39. The van der Waals surface area contributed by atoms with E-state index in [9.17, 15) is 14.9 Å². The normalized spacial score (nSPS) is 12.6. The molecule has 0 heterocycles. The van der Waals surface area contributed by atoms with E-state index in [0.717, 1.165) is 10.5 Å². The Morgan fingerprint density at radius 3 is 2.40 bits per heavy atom. The summed E-state index contributed by atoms with van der Waals surface area (Å²) >= 11 is 0. The van der Waals surface area contributed by atoms with Crippen molar-refractivity contribution in [2.45, 2.75) is 26.4 Å². The highest BCUT2D eigenvalue weighted by Gasteiger charge is 2.24. The van der Waals surface area contributed by atoms with Crippen molar-refractivity contribution in [2.75, 3.05) is 33.2 Å². The van der Waals surface area contributed by atoms with Crippen LogP contribution in [0.4, 0.5) is 11.4 Å². The summed E-state index contributed by atoms with van der Waals surface area (Å²) in [6.07, 6.45) is 0. The molecule has 0 aliphatic carbocycles. The summed E-state index contributed by atoms with van der Waals surface area (Å²) in [5, 5.41) is 13.8. The predicted octanol–water partition coefficient (Wildman–Crippen LogP) is 2.05. The van der Waals surface area contributed by atoms with Crippen LogP contribution in [0.2, 0.25) is 0 Å². The SMILES string of the molecule is CCOc1ccc(C[NH+](C)[C@@H](C)C(=O)Nc2cc([N+](=O)[O-])ccc2OC)cc1OC. The Kier molecular flexibility index (Phi) is 7.99. The van der Waals surface area contributed by atoms with Gasteiger partial charge in [-0.1, -0.05) is 0 Å². The number of nitrogens with one attached hydrogen (secondary N) is 2. The molecule has 2 rings (SSSR count). The Morgan fingerprint density at radius 1 is 1.13 bits per heavy atom. The van der Waals surface area contributed by atoms with Gasteiger partial charge in [-0.15, -0.1) is 0 Å². The summed E-state index contributed by atoms with van der Waals surface area (Å²) < 4.78 is 16.1. The molecule has 0 radical (unpaired) electrons. The molecule has 0 fully saturated rings. The number of carbonyl (C=O) groups excluding carboxylic acids is 1. The third-order valence-electron chi connectivity index (χ3n) is 4.80. The molecule has 0 saturated heterocycles. The first-order valence-corrected chi connectivity index (χ1v) is 9.56. The van der Waals surface area contributed by atoms with Crippen molar-refractivity contribution in [3.05, 3.63) is 52.1 Å². The predicted molar refractivity (Wildman–Crippen MR) is 112 cm³/mol. The molecule has 1 unspecified atom stereocenters. The lowest BCUT2D eigenvalue weighted by Gasteiger charge is -2.22. The molecule has 0 saturated carbocycles. The molecule has 30 heavy (non-hydrogen) atoms. The van der Waals surface area contributed by atoms with Gasteiger partial charge in [-0.3, -0.25) is 14.9 Å². The van der Waals surface area contributed by atoms with Gasteiger partial charge in [0.05, 0.1) is 38.5 Å². The number of anilines is 1. The Labute approximate surface area is 175 Å². The Hall–Kier alpha value is -3.33. The molecule has 162 valence electrons. The minimum atomic E-state index is -0.519. The first kappa shape index (κ1) is 23.0. The van der Waals surface area contributed by atoms with Crippen molar-refractivity contribution in [1.29, 1.82) is 0 Å². The Balaban J connectivity index is 2.11. The Morgan fingerprint density at radius 2 is 1.80 bits per heavy atom. The number of benzene rings is 2. The molecule has 1 amide bonds. The molecule has 0 aliphatic heterocycles. The van der Waals surface area contributed by atoms with Crippen LogP contribution in [0.15, 0.2) is 36.4 Å². The van der Waals surface area contributed by atoms with Crippen LogP contribution in [0.25, 0.3) is 0 Å². The van der Waals surface area contributed by atoms with Gasteiger partial charge in [0.2, 0.25) is 0 Å². The number of nitro groups is 1. The molecular weight excluding hydrogens is 390 g/mol. The van der Waals surface area contributed by atoms with Crippen molar-refractivity contribution in [3.63, 3.8) is 0 Å². The van der Waals surface area contributed by atoms with Gasteiger partial charge in [-0.25, -0.2) is 0 Å². The fourth-order valence-corrected chi connectivity index (χ4v) is 2.94. The van der Waals surface area contributed by atoms with E-state index in [1.54, 1.807) is 14.0 Å². The summed E-state index contributed by atoms with van der Waals surface area (Å²) in [6.45, 7) is 4.81. The Bertz CT molecular complexity index is 902. The van der Waals surface area contributed by atoms with E-state index in [1.807, 2.05) is 32.2 Å². The zero-order chi connectivity index (χ0) is 22.3. The van der Waals surface area contributed by atoms with E-state index in [1.165, 1.54) is 25.3 Å². The van der Waals surface area contributed by atoms with Crippen molar-refractivity contribution in [1.82, 2.24) is 0 Å². The second-order valence-corrected chi connectivity index (χ2v) is 6.79. The first-order valence-electron chi connectivity index (χ1n) is 9.56. The second-order valence-electron chi connectivity index (χ2n) is 6.79. The number of nitrogens with zero attached hydrogens (tertiary/aromatic N) is 1. The number of likely N-dealkylation sites (N-methyl/N-ethyl adjacent to an activating group) is 1. The van der Waals surface area contributed by atoms with E-state index in [4.69, 9.17) is 14.2 Å². The van der Waals surface area contributed by atoms with Gasteiger partial charge in [-0.05, 0) is 38.1 Å². The number of hydrogen-bond donors (Lipinski definition) is 2. The average Bonchev–Trinajstić information content (AvgIpc) is 2.74. The number of nitro benzene ring substituents is 1. The van der Waals surface area contributed by atoms with Gasteiger partial charge in [0.15, 0.2) is 17.5 Å². The number of rotatable bonds is 10. The van der Waals surface area contributed by atoms with Gasteiger partial charge in [0, 0.05) is 17.7 Å². The van der Waals surface area contributed by atoms with Crippen molar-refractivity contribution in [3.8, 4) is 17.2 Å². The van der Waals surface area contributed by atoms with Crippen LogP contribution >= 0.6 is 0 Å². The number of non-ortho nitro benzene ring substituents is 1. The van der Waals surface area contributed by atoms with Crippen LogP contribution in [-0.4, -0.2) is 44.7 Å². The average molecular weight is 418 g/mol. The fourth-order valence-electron chi connectivity index (χ4n) is 2.94. The largest absolute Gasteiger partial charge is 0.495 e. The van der Waals surface area contributed by atoms with Crippen LogP contribution in [0, 0.1) is 10.1 Å². The highest BCUT2D eigenvalue weighted by molar-refractivity contribution is 5.95. The van der Waals surface area contributed by atoms with Gasteiger partial charge in [-0.2, -0.15) is 0 Å². The molecule has 0 spiro atoms. The number of methoxy groups -OCH3 is 2. The quantitative estimate of drug-likeness (QED) is 0.452. The van der Waals surface area contributed by atoms with Crippen LogP contribution in [0.1, 0.15) is 19.4 Å². The van der Waals surface area contributed by atoms with Crippen LogP contribution in [0.3, 0.4) is 0 Å². The third-order valence-corrected chi connectivity index (χ3v) is 4.80. The van der Waals surface area contributed by atoms with Gasteiger partial charge in [0.25, 0.3) is 11.6 Å². The zero-order valence-electron chi connectivity index (χ0n) is 17.9. The molecule has 0 bridgehead atoms. The molecule has 2 N–H and O–H groups in total. The first-order chi connectivity index (χ1) is 14.3. The highest BCUT2D eigenvalue weighted by atomic mass is 16.6. The summed E-state index contributed by atoms with van der Waals surface area (Å²) in [4.78, 5) is 24.2. The van der Waals surface area contributed by atoms with Gasteiger partial charge >= 0.3 is 0 Å². The molecule has 0 aromatic heterocycles. The number of carbonyl (C=O) groups is 1. The maximum atomic E-state index is 12.8. The zero-order valence-corrected chi connectivity index (χ0v) is 17.9.